The molecule has 1 unspecified atom stereocenters. The second kappa shape index (κ2) is 4.94. The van der Waals surface area contributed by atoms with Crippen LogP contribution in [-0.2, 0) is 9.09 Å². The van der Waals surface area contributed by atoms with Crippen LogP contribution in [0.15, 0.2) is 0 Å². The van der Waals surface area contributed by atoms with E-state index < -0.39 is 14.1 Å². The van der Waals surface area contributed by atoms with Gasteiger partial charge in [-0.1, -0.05) is 13.8 Å². The minimum absolute atomic E-state index is 0.541. The highest BCUT2D eigenvalue weighted by atomic mass is 31.2. The van der Waals surface area contributed by atoms with Crippen molar-refractivity contribution in [3.63, 3.8) is 0 Å². The van der Waals surface area contributed by atoms with E-state index in [0.717, 1.165) is 0 Å². The van der Waals surface area contributed by atoms with Crippen LogP contribution in [0.4, 0.5) is 0 Å². The average Bonchev–Trinajstić information content (AvgIpc) is 1.85. The summed E-state index contributed by atoms with van der Waals surface area (Å²) in [7, 11) is -4.34. The minimum Gasteiger partial charge on any atom is -0.303 e. The Hall–Kier alpha value is 0.0700. The van der Waals surface area contributed by atoms with E-state index in [9.17, 15) is 4.57 Å². The van der Waals surface area contributed by atoms with E-state index in [1.54, 1.807) is 11.8 Å². The van der Waals surface area contributed by atoms with Crippen molar-refractivity contribution in [2.24, 2.45) is 0 Å². The summed E-state index contributed by atoms with van der Waals surface area (Å²) in [4.78, 5) is 18.8. The molecule has 0 fully saturated rings. The molecule has 0 aliphatic rings. The smallest absolute Gasteiger partial charge is 0.303 e. The zero-order valence-corrected chi connectivity index (χ0v) is 8.49. The van der Waals surface area contributed by atoms with Gasteiger partial charge in [0.15, 0.2) is 0 Å². The molecule has 0 aromatic rings. The molecular weight excluding hydrogens is 181 g/mol. The van der Waals surface area contributed by atoms with Crippen LogP contribution in [-0.4, -0.2) is 34.0 Å². The molecule has 0 radical (unpaired) electrons. The first-order chi connectivity index (χ1) is 5.40. The van der Waals surface area contributed by atoms with Crippen LogP contribution < -0.4 is 0 Å². The van der Waals surface area contributed by atoms with E-state index in [1.807, 2.05) is 13.8 Å². The topological polar surface area (TPSA) is 70.0 Å². The number of phosphoric acid groups is 1. The number of hydrogen-bond acceptors (Lipinski definition) is 3. The second-order valence-electron chi connectivity index (χ2n) is 2.42. The van der Waals surface area contributed by atoms with Crippen LogP contribution in [0.3, 0.4) is 0 Å². The van der Waals surface area contributed by atoms with Crippen molar-refractivity contribution in [1.29, 1.82) is 0 Å². The summed E-state index contributed by atoms with van der Waals surface area (Å²) in [6.45, 7) is 6.84. The molecule has 0 saturated heterocycles. The monoisotopic (exact) mass is 197 g/mol. The zero-order valence-electron chi connectivity index (χ0n) is 7.60. The summed E-state index contributed by atoms with van der Waals surface area (Å²) in [6.07, 6.45) is -0.541. The standard InChI is InChI=1S/C6H16NO4P/c1-4-7(5-2)6(3)11-12(8,9)10/h6H,4-5H2,1-3H3,(H2,8,9,10). The molecule has 0 aromatic heterocycles. The molecular formula is C6H16NO4P. The van der Waals surface area contributed by atoms with Gasteiger partial charge in [-0.05, 0) is 20.0 Å². The van der Waals surface area contributed by atoms with E-state index in [1.165, 1.54) is 0 Å². The highest BCUT2D eigenvalue weighted by molar-refractivity contribution is 7.46. The highest BCUT2D eigenvalue weighted by Gasteiger charge is 2.21. The van der Waals surface area contributed by atoms with E-state index >= 15 is 0 Å². The van der Waals surface area contributed by atoms with Gasteiger partial charge in [0.05, 0.1) is 0 Å². The Balaban J connectivity index is 4.01. The van der Waals surface area contributed by atoms with Gasteiger partial charge >= 0.3 is 7.82 Å². The Morgan fingerprint density at radius 1 is 1.42 bits per heavy atom. The Morgan fingerprint density at radius 3 is 2.08 bits per heavy atom. The molecule has 6 heteroatoms. The largest absolute Gasteiger partial charge is 0.471 e. The fourth-order valence-corrected chi connectivity index (χ4v) is 1.53. The fraction of sp³-hybridized carbons (Fsp3) is 1.00. The van der Waals surface area contributed by atoms with Crippen molar-refractivity contribution in [3.05, 3.63) is 0 Å². The van der Waals surface area contributed by atoms with E-state index in [-0.39, 0.29) is 0 Å². The molecule has 2 N–H and O–H groups in total. The van der Waals surface area contributed by atoms with Crippen molar-refractivity contribution in [2.75, 3.05) is 13.1 Å². The van der Waals surface area contributed by atoms with E-state index in [4.69, 9.17) is 9.79 Å². The van der Waals surface area contributed by atoms with Gasteiger partial charge in [0.1, 0.15) is 6.23 Å². The third-order valence-electron chi connectivity index (χ3n) is 1.62. The lowest BCUT2D eigenvalue weighted by atomic mass is 10.5. The third-order valence-corrected chi connectivity index (χ3v) is 2.20. The Bertz CT molecular complexity index is 165. The minimum atomic E-state index is -4.34. The second-order valence-corrected chi connectivity index (χ2v) is 3.61. The summed E-state index contributed by atoms with van der Waals surface area (Å²) in [6, 6.07) is 0. The van der Waals surface area contributed by atoms with Crippen molar-refractivity contribution in [2.45, 2.75) is 27.0 Å². The number of hydrogen-bond donors (Lipinski definition) is 2. The van der Waals surface area contributed by atoms with Gasteiger partial charge in [-0.3, -0.25) is 9.42 Å². The number of nitrogens with zero attached hydrogens (tertiary/aromatic N) is 1. The summed E-state index contributed by atoms with van der Waals surface area (Å²) in [5.74, 6) is 0. The third kappa shape index (κ3) is 4.85. The van der Waals surface area contributed by atoms with Crippen LogP contribution in [0.5, 0.6) is 0 Å². The lowest BCUT2D eigenvalue weighted by Crippen LogP contribution is -2.33. The molecule has 0 amide bonds. The van der Waals surface area contributed by atoms with Crippen molar-refractivity contribution in [1.82, 2.24) is 4.90 Å². The molecule has 0 aliphatic carbocycles. The van der Waals surface area contributed by atoms with Crippen molar-refractivity contribution >= 4 is 7.82 Å². The van der Waals surface area contributed by atoms with Crippen molar-refractivity contribution < 1.29 is 18.9 Å². The zero-order chi connectivity index (χ0) is 9.78. The maximum Gasteiger partial charge on any atom is 0.471 e. The molecule has 0 heterocycles. The Kier molecular flexibility index (Phi) is 4.97. The molecule has 0 aliphatic heterocycles. The van der Waals surface area contributed by atoms with Gasteiger partial charge in [-0.25, -0.2) is 4.57 Å². The lowest BCUT2D eigenvalue weighted by molar-refractivity contribution is 0.0227. The Morgan fingerprint density at radius 2 is 1.83 bits per heavy atom. The quantitative estimate of drug-likeness (QED) is 0.503. The predicted molar refractivity (Wildman–Crippen MR) is 45.5 cm³/mol. The maximum absolute atomic E-state index is 10.4. The predicted octanol–water partition coefficient (Wildman–Crippen LogP) is 0.783. The number of rotatable bonds is 5. The summed E-state index contributed by atoms with van der Waals surface area (Å²) in [5.41, 5.74) is 0. The number of phosphoric ester groups is 1. The Labute approximate surface area is 72.6 Å². The first-order valence-corrected chi connectivity index (χ1v) is 5.41. The van der Waals surface area contributed by atoms with E-state index in [2.05, 4.69) is 4.52 Å². The van der Waals surface area contributed by atoms with Gasteiger partial charge in [-0.2, -0.15) is 0 Å². The van der Waals surface area contributed by atoms with Gasteiger partial charge in [0.2, 0.25) is 0 Å². The van der Waals surface area contributed by atoms with Crippen LogP contribution in [0.1, 0.15) is 20.8 Å². The summed E-state index contributed by atoms with van der Waals surface area (Å²) in [5, 5.41) is 0. The maximum atomic E-state index is 10.4. The SMILES string of the molecule is CCN(CC)C(C)OP(=O)(O)O. The molecule has 1 atom stereocenters. The summed E-state index contributed by atoms with van der Waals surface area (Å²) >= 11 is 0. The average molecular weight is 197 g/mol. The van der Waals surface area contributed by atoms with Crippen LogP contribution in [0.2, 0.25) is 0 Å². The van der Waals surface area contributed by atoms with Crippen molar-refractivity contribution in [3.8, 4) is 0 Å². The molecule has 0 spiro atoms. The fourth-order valence-electron chi connectivity index (χ4n) is 1.00. The lowest BCUT2D eigenvalue weighted by Gasteiger charge is -2.25. The normalized spacial score (nSPS) is 15.2. The molecule has 0 bridgehead atoms. The first kappa shape index (κ1) is 12.1. The van der Waals surface area contributed by atoms with Gasteiger partial charge in [-0.15, -0.1) is 0 Å². The highest BCUT2D eigenvalue weighted by Crippen LogP contribution is 2.37. The summed E-state index contributed by atoms with van der Waals surface area (Å²) < 4.78 is 14.9. The van der Waals surface area contributed by atoms with Gasteiger partial charge in [0.25, 0.3) is 0 Å². The first-order valence-electron chi connectivity index (χ1n) is 3.88. The molecule has 0 rings (SSSR count). The van der Waals surface area contributed by atoms with Gasteiger partial charge in [0, 0.05) is 0 Å². The van der Waals surface area contributed by atoms with Crippen LogP contribution in [0, 0.1) is 0 Å². The molecule has 5 nitrogen and oxygen atoms in total. The molecule has 0 saturated carbocycles. The molecule has 74 valence electrons. The van der Waals surface area contributed by atoms with Gasteiger partial charge < -0.3 is 9.79 Å². The van der Waals surface area contributed by atoms with Crippen LogP contribution >= 0.6 is 7.82 Å². The molecule has 12 heavy (non-hydrogen) atoms. The molecule has 0 aromatic carbocycles. The van der Waals surface area contributed by atoms with Crippen LogP contribution in [0.25, 0.3) is 0 Å². The van der Waals surface area contributed by atoms with E-state index in [0.29, 0.717) is 13.1 Å².